The molecule has 2 heterocycles. The van der Waals surface area contributed by atoms with Gasteiger partial charge in [0.05, 0.1) is 0 Å². The lowest BCUT2D eigenvalue weighted by Gasteiger charge is -2.29. The van der Waals surface area contributed by atoms with Crippen molar-refractivity contribution < 1.29 is 9.53 Å². The van der Waals surface area contributed by atoms with Crippen molar-refractivity contribution in [2.45, 2.75) is 64.6 Å². The number of nitrogens with one attached hydrogen (secondary N) is 1. The van der Waals surface area contributed by atoms with Crippen molar-refractivity contribution >= 4 is 6.09 Å². The van der Waals surface area contributed by atoms with Crippen LogP contribution in [0.2, 0.25) is 0 Å². The van der Waals surface area contributed by atoms with Crippen molar-refractivity contribution in [1.29, 1.82) is 0 Å². The molecule has 0 spiro atoms. The van der Waals surface area contributed by atoms with Crippen LogP contribution < -0.4 is 5.32 Å². The lowest BCUT2D eigenvalue weighted by atomic mass is 10.1. The van der Waals surface area contributed by atoms with E-state index in [1.165, 1.54) is 5.56 Å². The average molecular weight is 319 g/mol. The van der Waals surface area contributed by atoms with Gasteiger partial charge in [0.2, 0.25) is 0 Å². The van der Waals surface area contributed by atoms with E-state index >= 15 is 0 Å². The maximum atomic E-state index is 12.3. The molecule has 1 aliphatic rings. The summed E-state index contributed by atoms with van der Waals surface area (Å²) in [5, 5.41) is 3.53. The first-order valence-electron chi connectivity index (χ1n) is 8.50. The fraction of sp³-hybridized carbons (Fsp3) is 0.667. The highest BCUT2D eigenvalue weighted by molar-refractivity contribution is 5.68. The van der Waals surface area contributed by atoms with Gasteiger partial charge in [0.15, 0.2) is 0 Å². The van der Waals surface area contributed by atoms with Gasteiger partial charge in [-0.3, -0.25) is 4.98 Å². The zero-order valence-electron chi connectivity index (χ0n) is 14.7. The summed E-state index contributed by atoms with van der Waals surface area (Å²) in [7, 11) is 0. The minimum absolute atomic E-state index is 0.179. The predicted octanol–water partition coefficient (Wildman–Crippen LogP) is 3.52. The summed E-state index contributed by atoms with van der Waals surface area (Å²) < 4.78 is 5.51. The normalized spacial score (nSPS) is 19.7. The van der Waals surface area contributed by atoms with E-state index in [0.29, 0.717) is 0 Å². The van der Waals surface area contributed by atoms with Crippen molar-refractivity contribution in [3.63, 3.8) is 0 Å². The van der Waals surface area contributed by atoms with Crippen molar-refractivity contribution in [2.75, 3.05) is 13.1 Å². The van der Waals surface area contributed by atoms with Crippen LogP contribution in [0.15, 0.2) is 24.5 Å². The van der Waals surface area contributed by atoms with E-state index in [2.05, 4.69) is 17.2 Å². The fourth-order valence-electron chi connectivity index (χ4n) is 2.93. The SMILES string of the molecule is CC(NCCC1CCCN1C(=O)OC(C)(C)C)c1ccncc1. The summed E-state index contributed by atoms with van der Waals surface area (Å²) in [6, 6.07) is 4.62. The first-order valence-corrected chi connectivity index (χ1v) is 8.50. The van der Waals surface area contributed by atoms with Gasteiger partial charge in [0, 0.05) is 31.0 Å². The molecular formula is C18H29N3O2. The second-order valence-electron chi connectivity index (χ2n) is 7.21. The Hall–Kier alpha value is -1.62. The van der Waals surface area contributed by atoms with E-state index in [4.69, 9.17) is 4.74 Å². The average Bonchev–Trinajstić information content (AvgIpc) is 2.95. The Labute approximate surface area is 139 Å². The lowest BCUT2D eigenvalue weighted by Crippen LogP contribution is -2.41. The van der Waals surface area contributed by atoms with Crippen molar-refractivity contribution in [1.82, 2.24) is 15.2 Å². The largest absolute Gasteiger partial charge is 0.444 e. The van der Waals surface area contributed by atoms with Crippen LogP contribution in [0.1, 0.15) is 58.6 Å². The van der Waals surface area contributed by atoms with Gasteiger partial charge in [-0.05, 0) is 71.2 Å². The molecule has 2 rings (SSSR count). The number of amides is 1. The Kier molecular flexibility index (Phi) is 5.99. The third-order valence-corrected chi connectivity index (χ3v) is 4.14. The molecule has 2 atom stereocenters. The molecular weight excluding hydrogens is 290 g/mol. The van der Waals surface area contributed by atoms with Crippen LogP contribution in [-0.2, 0) is 4.74 Å². The smallest absolute Gasteiger partial charge is 0.410 e. The van der Waals surface area contributed by atoms with E-state index in [1.807, 2.05) is 50.2 Å². The Morgan fingerprint density at radius 3 is 2.78 bits per heavy atom. The summed E-state index contributed by atoms with van der Waals surface area (Å²) in [4.78, 5) is 18.2. The molecule has 5 heteroatoms. The zero-order valence-corrected chi connectivity index (χ0v) is 14.7. The van der Waals surface area contributed by atoms with Crippen LogP contribution in [0.4, 0.5) is 4.79 Å². The number of hydrogen-bond acceptors (Lipinski definition) is 4. The van der Waals surface area contributed by atoms with Gasteiger partial charge >= 0.3 is 6.09 Å². The van der Waals surface area contributed by atoms with Crippen molar-refractivity contribution in [2.24, 2.45) is 0 Å². The number of aromatic nitrogens is 1. The molecule has 1 saturated heterocycles. The lowest BCUT2D eigenvalue weighted by molar-refractivity contribution is 0.0220. The molecule has 5 nitrogen and oxygen atoms in total. The third kappa shape index (κ3) is 5.50. The van der Waals surface area contributed by atoms with Gasteiger partial charge in [0.1, 0.15) is 5.60 Å². The predicted molar refractivity (Wildman–Crippen MR) is 91.2 cm³/mol. The molecule has 0 bridgehead atoms. The van der Waals surface area contributed by atoms with Crippen LogP contribution in [0, 0.1) is 0 Å². The monoisotopic (exact) mass is 319 g/mol. The molecule has 128 valence electrons. The molecule has 0 saturated carbocycles. The zero-order chi connectivity index (χ0) is 16.9. The molecule has 1 N–H and O–H groups in total. The van der Waals surface area contributed by atoms with Gasteiger partial charge in [-0.15, -0.1) is 0 Å². The number of pyridine rings is 1. The second kappa shape index (κ2) is 7.77. The van der Waals surface area contributed by atoms with Crippen LogP contribution in [0.3, 0.4) is 0 Å². The maximum Gasteiger partial charge on any atom is 0.410 e. The van der Waals surface area contributed by atoms with Crippen molar-refractivity contribution in [3.8, 4) is 0 Å². The van der Waals surface area contributed by atoms with Crippen LogP contribution >= 0.6 is 0 Å². The van der Waals surface area contributed by atoms with Crippen LogP contribution in [-0.4, -0.2) is 40.7 Å². The number of carbonyl (C=O) groups is 1. The van der Waals surface area contributed by atoms with Gasteiger partial charge in [-0.1, -0.05) is 0 Å². The minimum atomic E-state index is -0.432. The summed E-state index contributed by atoms with van der Waals surface area (Å²) in [6.07, 6.45) is 6.52. The van der Waals surface area contributed by atoms with E-state index in [-0.39, 0.29) is 18.2 Å². The molecule has 1 aromatic heterocycles. The fourth-order valence-corrected chi connectivity index (χ4v) is 2.93. The highest BCUT2D eigenvalue weighted by Gasteiger charge is 2.31. The Balaban J connectivity index is 1.79. The first kappa shape index (κ1) is 17.7. The van der Waals surface area contributed by atoms with E-state index in [1.54, 1.807) is 0 Å². The summed E-state index contributed by atoms with van der Waals surface area (Å²) >= 11 is 0. The summed E-state index contributed by atoms with van der Waals surface area (Å²) in [5.41, 5.74) is 0.800. The van der Waals surface area contributed by atoms with Gasteiger partial charge in [-0.25, -0.2) is 4.79 Å². The molecule has 2 unspecified atom stereocenters. The highest BCUT2D eigenvalue weighted by Crippen LogP contribution is 2.23. The number of hydrogen-bond donors (Lipinski definition) is 1. The van der Waals surface area contributed by atoms with Gasteiger partial charge in [-0.2, -0.15) is 0 Å². The Morgan fingerprint density at radius 2 is 2.13 bits per heavy atom. The molecule has 1 amide bonds. The molecule has 1 aliphatic heterocycles. The topological polar surface area (TPSA) is 54.5 Å². The Bertz CT molecular complexity index is 499. The number of nitrogens with zero attached hydrogens (tertiary/aromatic N) is 2. The number of rotatable bonds is 5. The molecule has 0 aliphatic carbocycles. The van der Waals surface area contributed by atoms with Crippen molar-refractivity contribution in [3.05, 3.63) is 30.1 Å². The number of ether oxygens (including phenoxy) is 1. The van der Waals surface area contributed by atoms with Crippen LogP contribution in [0.25, 0.3) is 0 Å². The van der Waals surface area contributed by atoms with E-state index in [0.717, 1.165) is 32.4 Å². The minimum Gasteiger partial charge on any atom is -0.444 e. The van der Waals surface area contributed by atoms with Gasteiger partial charge < -0.3 is 15.0 Å². The molecule has 0 radical (unpaired) electrons. The highest BCUT2D eigenvalue weighted by atomic mass is 16.6. The number of likely N-dealkylation sites (tertiary alicyclic amines) is 1. The third-order valence-electron chi connectivity index (χ3n) is 4.14. The quantitative estimate of drug-likeness (QED) is 0.902. The standard InChI is InChI=1S/C18H29N3O2/c1-14(15-7-10-19-11-8-15)20-12-9-16-6-5-13-21(16)17(22)23-18(2,3)4/h7-8,10-11,14,16,20H,5-6,9,12-13H2,1-4H3. The second-order valence-corrected chi connectivity index (χ2v) is 7.21. The number of carbonyl (C=O) groups excluding carboxylic acids is 1. The maximum absolute atomic E-state index is 12.3. The molecule has 23 heavy (non-hydrogen) atoms. The summed E-state index contributed by atoms with van der Waals surface area (Å²) in [6.45, 7) is 9.57. The molecule has 0 aromatic carbocycles. The first-order chi connectivity index (χ1) is 10.9. The molecule has 1 aromatic rings. The van der Waals surface area contributed by atoms with Gasteiger partial charge in [0.25, 0.3) is 0 Å². The Morgan fingerprint density at radius 1 is 1.43 bits per heavy atom. The van der Waals surface area contributed by atoms with E-state index in [9.17, 15) is 4.79 Å². The summed E-state index contributed by atoms with van der Waals surface area (Å²) in [5.74, 6) is 0. The van der Waals surface area contributed by atoms with E-state index < -0.39 is 5.60 Å². The molecule has 1 fully saturated rings. The van der Waals surface area contributed by atoms with Crippen LogP contribution in [0.5, 0.6) is 0 Å².